The number of methoxy groups -OCH3 is 1. The number of halogens is 4. The fraction of sp³-hybridized carbons (Fsp3) is 0.231. The molecule has 0 saturated heterocycles. The molecule has 0 amide bonds. The molecule has 0 aliphatic carbocycles. The first-order chi connectivity index (χ1) is 9.70. The van der Waals surface area contributed by atoms with E-state index in [1.807, 2.05) is 0 Å². The number of hydrogen-bond acceptors (Lipinski definition) is 4. The van der Waals surface area contributed by atoms with Gasteiger partial charge in [0.15, 0.2) is 23.3 Å². The summed E-state index contributed by atoms with van der Waals surface area (Å²) in [6, 6.07) is 0.183. The van der Waals surface area contributed by atoms with E-state index in [9.17, 15) is 27.2 Å². The third kappa shape index (κ3) is 3.39. The second kappa shape index (κ2) is 6.38. The van der Waals surface area contributed by atoms with Gasteiger partial charge in [0.2, 0.25) is 5.78 Å². The summed E-state index contributed by atoms with van der Waals surface area (Å²) in [6.07, 6.45) is 0.993. The Kier molecular flexibility index (Phi) is 5.07. The lowest BCUT2D eigenvalue weighted by Gasteiger charge is -2.11. The van der Waals surface area contributed by atoms with Crippen molar-refractivity contribution in [2.45, 2.75) is 0 Å². The third-order valence-corrected chi connectivity index (χ3v) is 2.38. The lowest BCUT2D eigenvalue weighted by atomic mass is 10.0. The van der Waals surface area contributed by atoms with Gasteiger partial charge < -0.3 is 9.64 Å². The zero-order valence-corrected chi connectivity index (χ0v) is 11.3. The number of nitrogens with zero attached hydrogens (tertiary/aromatic N) is 1. The Morgan fingerprint density at radius 1 is 1.10 bits per heavy atom. The Labute approximate surface area is 117 Å². The van der Waals surface area contributed by atoms with Gasteiger partial charge in [-0.15, -0.1) is 0 Å². The lowest BCUT2D eigenvalue weighted by molar-refractivity contribution is -0.135. The second-order valence-corrected chi connectivity index (χ2v) is 4.17. The van der Waals surface area contributed by atoms with Crippen LogP contribution in [-0.2, 0) is 9.53 Å². The Balaban J connectivity index is 3.45. The van der Waals surface area contributed by atoms with Crippen LogP contribution in [0.5, 0.6) is 0 Å². The zero-order valence-electron chi connectivity index (χ0n) is 11.3. The first-order valence-electron chi connectivity index (χ1n) is 5.55. The fourth-order valence-corrected chi connectivity index (χ4v) is 1.46. The highest BCUT2D eigenvalue weighted by Crippen LogP contribution is 2.21. The van der Waals surface area contributed by atoms with Crippen molar-refractivity contribution in [1.82, 2.24) is 4.90 Å². The van der Waals surface area contributed by atoms with E-state index in [0.29, 0.717) is 0 Å². The molecule has 1 aromatic rings. The van der Waals surface area contributed by atoms with Gasteiger partial charge in [0, 0.05) is 20.3 Å². The van der Waals surface area contributed by atoms with Crippen LogP contribution in [0.4, 0.5) is 17.6 Å². The van der Waals surface area contributed by atoms with Crippen molar-refractivity contribution < 1.29 is 31.9 Å². The molecule has 0 saturated carbocycles. The van der Waals surface area contributed by atoms with Crippen LogP contribution >= 0.6 is 0 Å². The molecule has 0 bridgehead atoms. The quantitative estimate of drug-likeness (QED) is 0.125. The monoisotopic (exact) mass is 305 g/mol. The minimum atomic E-state index is -2.13. The molecule has 21 heavy (non-hydrogen) atoms. The highest BCUT2D eigenvalue weighted by atomic mass is 19.2. The maximum absolute atomic E-state index is 13.6. The molecule has 0 N–H and O–H groups in total. The Bertz CT molecular complexity index is 626. The van der Waals surface area contributed by atoms with Crippen molar-refractivity contribution in [2.24, 2.45) is 0 Å². The van der Waals surface area contributed by atoms with Gasteiger partial charge in [-0.3, -0.25) is 4.79 Å². The van der Waals surface area contributed by atoms with Gasteiger partial charge in [-0.05, 0) is 6.07 Å². The summed E-state index contributed by atoms with van der Waals surface area (Å²) in [5.74, 6) is -10.3. The molecule has 0 atom stereocenters. The zero-order chi connectivity index (χ0) is 16.3. The Morgan fingerprint density at radius 2 is 1.67 bits per heavy atom. The molecule has 0 aliphatic heterocycles. The van der Waals surface area contributed by atoms with Crippen molar-refractivity contribution >= 4 is 11.8 Å². The fourth-order valence-electron chi connectivity index (χ4n) is 1.46. The number of rotatable bonds is 4. The number of ether oxygens (including phenoxy) is 1. The van der Waals surface area contributed by atoms with Crippen LogP contribution in [0.3, 0.4) is 0 Å². The van der Waals surface area contributed by atoms with Gasteiger partial charge >= 0.3 is 5.97 Å². The van der Waals surface area contributed by atoms with Crippen molar-refractivity contribution in [3.8, 4) is 0 Å². The molecule has 0 spiro atoms. The Hall–Kier alpha value is -2.38. The normalized spacial score (nSPS) is 11.3. The predicted octanol–water partition coefficient (Wildman–Crippen LogP) is 2.04. The van der Waals surface area contributed by atoms with Gasteiger partial charge in [0.25, 0.3) is 0 Å². The predicted molar refractivity (Wildman–Crippen MR) is 64.4 cm³/mol. The largest absolute Gasteiger partial charge is 0.465 e. The first-order valence-corrected chi connectivity index (χ1v) is 5.55. The standard InChI is InChI=1S/C13H11F4NO3/c1-18(2)5-7(13(20)21-3)12(19)6-4-8(14)10(16)11(17)9(6)15/h4-5H,1-3H3. The number of benzene rings is 1. The molecular formula is C13H11F4NO3. The second-order valence-electron chi connectivity index (χ2n) is 4.17. The van der Waals surface area contributed by atoms with E-state index in [0.717, 1.165) is 13.3 Å². The van der Waals surface area contributed by atoms with Crippen LogP contribution in [0, 0.1) is 23.3 Å². The minimum absolute atomic E-state index is 0.183. The molecule has 0 fully saturated rings. The number of carbonyl (C=O) groups excluding carboxylic acids is 2. The molecule has 8 heteroatoms. The molecular weight excluding hydrogens is 294 g/mol. The van der Waals surface area contributed by atoms with E-state index in [4.69, 9.17) is 0 Å². The summed E-state index contributed by atoms with van der Waals surface area (Å²) in [5.41, 5.74) is -1.77. The average molecular weight is 305 g/mol. The van der Waals surface area contributed by atoms with Gasteiger partial charge in [0.1, 0.15) is 5.57 Å². The van der Waals surface area contributed by atoms with Gasteiger partial charge in [-0.2, -0.15) is 0 Å². The van der Waals surface area contributed by atoms with Crippen LogP contribution in [-0.4, -0.2) is 37.9 Å². The molecule has 4 nitrogen and oxygen atoms in total. The number of Topliss-reactive ketones (excluding diaryl/α,β-unsaturated/α-hetero) is 1. The summed E-state index contributed by atoms with van der Waals surface area (Å²) in [6.45, 7) is 0. The maximum atomic E-state index is 13.6. The van der Waals surface area contributed by atoms with Gasteiger partial charge in [0.05, 0.1) is 12.7 Å². The summed E-state index contributed by atoms with van der Waals surface area (Å²) in [4.78, 5) is 24.8. The average Bonchev–Trinajstić information content (AvgIpc) is 2.44. The third-order valence-electron chi connectivity index (χ3n) is 2.38. The van der Waals surface area contributed by atoms with Crippen LogP contribution in [0.1, 0.15) is 10.4 Å². The molecule has 1 aromatic carbocycles. The first kappa shape index (κ1) is 16.7. The summed E-state index contributed by atoms with van der Waals surface area (Å²) >= 11 is 0. The molecule has 0 radical (unpaired) electrons. The molecule has 1 rings (SSSR count). The SMILES string of the molecule is COC(=O)C(=CN(C)C)C(=O)c1cc(F)c(F)c(F)c1F. The van der Waals surface area contributed by atoms with Crippen LogP contribution in [0.15, 0.2) is 17.8 Å². The molecule has 114 valence electrons. The van der Waals surface area contributed by atoms with E-state index < -0.39 is 46.2 Å². The topological polar surface area (TPSA) is 46.6 Å². The van der Waals surface area contributed by atoms with E-state index in [1.165, 1.54) is 19.0 Å². The smallest absolute Gasteiger partial charge is 0.343 e. The van der Waals surface area contributed by atoms with E-state index in [1.54, 1.807) is 0 Å². The number of carbonyl (C=O) groups is 2. The van der Waals surface area contributed by atoms with Crippen molar-refractivity contribution in [2.75, 3.05) is 21.2 Å². The van der Waals surface area contributed by atoms with Crippen molar-refractivity contribution in [3.63, 3.8) is 0 Å². The van der Waals surface area contributed by atoms with E-state index in [2.05, 4.69) is 4.74 Å². The number of esters is 1. The molecule has 0 aromatic heterocycles. The van der Waals surface area contributed by atoms with Crippen molar-refractivity contribution in [3.05, 3.63) is 46.7 Å². The van der Waals surface area contributed by atoms with E-state index >= 15 is 0 Å². The van der Waals surface area contributed by atoms with Crippen molar-refractivity contribution in [1.29, 1.82) is 0 Å². The molecule has 0 unspecified atom stereocenters. The van der Waals surface area contributed by atoms with Crippen LogP contribution in [0.25, 0.3) is 0 Å². The minimum Gasteiger partial charge on any atom is -0.465 e. The highest BCUT2D eigenvalue weighted by molar-refractivity contribution is 6.24. The number of ketones is 1. The van der Waals surface area contributed by atoms with Gasteiger partial charge in [-0.1, -0.05) is 0 Å². The maximum Gasteiger partial charge on any atom is 0.343 e. The lowest BCUT2D eigenvalue weighted by Crippen LogP contribution is -2.20. The highest BCUT2D eigenvalue weighted by Gasteiger charge is 2.28. The summed E-state index contributed by atoms with van der Waals surface area (Å²) < 4.78 is 57.0. The number of hydrogen-bond donors (Lipinski definition) is 0. The van der Waals surface area contributed by atoms with Gasteiger partial charge in [-0.25, -0.2) is 22.4 Å². The summed E-state index contributed by atoms with van der Waals surface area (Å²) in [7, 11) is 3.89. The molecule has 0 aliphatic rings. The summed E-state index contributed by atoms with van der Waals surface area (Å²) in [5, 5.41) is 0. The molecule has 0 heterocycles. The Morgan fingerprint density at radius 3 is 2.14 bits per heavy atom. The van der Waals surface area contributed by atoms with Crippen LogP contribution in [0.2, 0.25) is 0 Å². The van der Waals surface area contributed by atoms with Crippen LogP contribution < -0.4 is 0 Å². The van der Waals surface area contributed by atoms with E-state index in [-0.39, 0.29) is 6.07 Å².